The summed E-state index contributed by atoms with van der Waals surface area (Å²) in [5, 5.41) is 9.88. The molecule has 0 bridgehead atoms. The summed E-state index contributed by atoms with van der Waals surface area (Å²) in [5.74, 6) is 0.753. The van der Waals surface area contributed by atoms with Crippen molar-refractivity contribution in [2.24, 2.45) is 0 Å². The molecule has 0 aliphatic heterocycles. The Bertz CT molecular complexity index is 248. The van der Waals surface area contributed by atoms with Gasteiger partial charge in [0.1, 0.15) is 5.75 Å². The van der Waals surface area contributed by atoms with E-state index in [0.717, 1.165) is 5.56 Å². The first-order valence-electron chi connectivity index (χ1n) is 3.27. The molecule has 0 fully saturated rings. The lowest BCUT2D eigenvalue weighted by atomic mass is 10.1. The molecule has 0 saturated carbocycles. The van der Waals surface area contributed by atoms with Gasteiger partial charge in [-0.05, 0) is 30.2 Å². The molecule has 1 rings (SSSR count). The average Bonchev–Trinajstić information content (AvgIpc) is 1.98. The van der Waals surface area contributed by atoms with Crippen molar-refractivity contribution in [1.29, 1.82) is 0 Å². The van der Waals surface area contributed by atoms with E-state index in [9.17, 15) is 5.11 Å². The Morgan fingerprint density at radius 1 is 1.36 bits per heavy atom. The van der Waals surface area contributed by atoms with Gasteiger partial charge in [-0.1, -0.05) is 11.6 Å². The van der Waals surface area contributed by atoms with Crippen LogP contribution in [0.3, 0.4) is 0 Å². The van der Waals surface area contributed by atoms with E-state index in [1.165, 1.54) is 0 Å². The molecule has 0 aromatic heterocycles. The predicted octanol–water partition coefficient (Wildman–Crippen LogP) is 2.83. The highest BCUT2D eigenvalue weighted by molar-refractivity contribution is 6.30. The smallest absolute Gasteiger partial charge is 0.118 e. The Labute approximate surface area is 75.6 Å². The van der Waals surface area contributed by atoms with Crippen molar-refractivity contribution < 1.29 is 5.11 Å². The van der Waals surface area contributed by atoms with E-state index in [1.807, 2.05) is 0 Å². The van der Waals surface area contributed by atoms with Gasteiger partial charge >= 0.3 is 0 Å². The topological polar surface area (TPSA) is 20.2 Å². The van der Waals surface area contributed by atoms with Crippen molar-refractivity contribution in [2.75, 3.05) is 5.88 Å². The second-order valence-electron chi connectivity index (χ2n) is 2.21. The quantitative estimate of drug-likeness (QED) is 0.712. The van der Waals surface area contributed by atoms with Crippen LogP contribution in [0.4, 0.5) is 0 Å². The zero-order valence-electron chi connectivity index (χ0n) is 5.85. The number of hydrogen-bond donors (Lipinski definition) is 1. The number of aromatic hydroxyl groups is 1. The van der Waals surface area contributed by atoms with Crippen LogP contribution in [0.1, 0.15) is 5.56 Å². The van der Waals surface area contributed by atoms with Gasteiger partial charge in [-0.15, -0.1) is 11.6 Å². The molecule has 0 atom stereocenters. The minimum atomic E-state index is 0.259. The van der Waals surface area contributed by atoms with E-state index in [1.54, 1.807) is 18.2 Å². The normalized spacial score (nSPS) is 10.0. The van der Waals surface area contributed by atoms with Gasteiger partial charge < -0.3 is 5.11 Å². The van der Waals surface area contributed by atoms with Crippen molar-refractivity contribution >= 4 is 23.2 Å². The van der Waals surface area contributed by atoms with Gasteiger partial charge in [0.05, 0.1) is 0 Å². The molecule has 0 aliphatic carbocycles. The zero-order chi connectivity index (χ0) is 8.27. The molecular weight excluding hydrogens is 183 g/mol. The maximum Gasteiger partial charge on any atom is 0.118 e. The number of aryl methyl sites for hydroxylation is 1. The first kappa shape index (κ1) is 8.69. The van der Waals surface area contributed by atoms with E-state index in [4.69, 9.17) is 23.2 Å². The van der Waals surface area contributed by atoms with Crippen LogP contribution in [0.2, 0.25) is 5.02 Å². The molecule has 1 nitrogen and oxygen atoms in total. The molecule has 1 aromatic rings. The second kappa shape index (κ2) is 3.84. The van der Waals surface area contributed by atoms with Crippen LogP contribution < -0.4 is 0 Å². The summed E-state index contributed by atoms with van der Waals surface area (Å²) >= 11 is 11.2. The molecule has 0 spiro atoms. The van der Waals surface area contributed by atoms with Gasteiger partial charge in [-0.3, -0.25) is 0 Å². The molecule has 11 heavy (non-hydrogen) atoms. The fourth-order valence-corrected chi connectivity index (χ4v) is 1.25. The molecule has 1 aromatic carbocycles. The molecule has 60 valence electrons. The minimum Gasteiger partial charge on any atom is -0.508 e. The van der Waals surface area contributed by atoms with Crippen LogP contribution in [0.15, 0.2) is 18.2 Å². The Morgan fingerprint density at radius 3 is 2.73 bits per heavy atom. The Hall–Kier alpha value is -0.400. The summed E-state index contributed by atoms with van der Waals surface area (Å²) in [4.78, 5) is 0. The molecule has 3 heteroatoms. The molecular formula is C8H8Cl2O. The highest BCUT2D eigenvalue weighted by Crippen LogP contribution is 2.21. The first-order chi connectivity index (χ1) is 5.24. The second-order valence-corrected chi connectivity index (χ2v) is 3.03. The first-order valence-corrected chi connectivity index (χ1v) is 4.18. The summed E-state index contributed by atoms with van der Waals surface area (Å²) in [6.07, 6.45) is 0.647. The van der Waals surface area contributed by atoms with Crippen molar-refractivity contribution in [1.82, 2.24) is 0 Å². The number of alkyl halides is 1. The van der Waals surface area contributed by atoms with Crippen LogP contribution in [0, 0.1) is 0 Å². The summed E-state index contributed by atoms with van der Waals surface area (Å²) < 4.78 is 0. The van der Waals surface area contributed by atoms with Gasteiger partial charge in [0.15, 0.2) is 0 Å². The van der Waals surface area contributed by atoms with E-state index >= 15 is 0 Å². The van der Waals surface area contributed by atoms with Gasteiger partial charge in [0.2, 0.25) is 0 Å². The van der Waals surface area contributed by atoms with Crippen LogP contribution in [0.5, 0.6) is 5.75 Å². The summed E-state index contributed by atoms with van der Waals surface area (Å²) in [7, 11) is 0. The third kappa shape index (κ3) is 2.28. The third-order valence-electron chi connectivity index (χ3n) is 1.41. The largest absolute Gasteiger partial charge is 0.508 e. The fraction of sp³-hybridized carbons (Fsp3) is 0.250. The number of phenolic OH excluding ortho intramolecular Hbond substituents is 1. The lowest BCUT2D eigenvalue weighted by Crippen LogP contribution is -1.86. The number of rotatable bonds is 2. The van der Waals surface area contributed by atoms with E-state index in [0.29, 0.717) is 17.3 Å². The highest BCUT2D eigenvalue weighted by Gasteiger charge is 1.99. The monoisotopic (exact) mass is 190 g/mol. The van der Waals surface area contributed by atoms with E-state index in [2.05, 4.69) is 0 Å². The maximum absolute atomic E-state index is 9.25. The van der Waals surface area contributed by atoms with Crippen molar-refractivity contribution in [3.8, 4) is 5.75 Å². The molecule has 1 N–H and O–H groups in total. The van der Waals surface area contributed by atoms with Crippen LogP contribution in [0.25, 0.3) is 0 Å². The molecule has 0 amide bonds. The summed E-state index contributed by atoms with van der Waals surface area (Å²) in [6.45, 7) is 0. The molecule has 0 aliphatic rings. The maximum atomic E-state index is 9.25. The summed E-state index contributed by atoms with van der Waals surface area (Å²) in [6, 6.07) is 4.94. The number of hydrogen-bond acceptors (Lipinski definition) is 1. The zero-order valence-corrected chi connectivity index (χ0v) is 7.36. The van der Waals surface area contributed by atoms with E-state index in [-0.39, 0.29) is 5.75 Å². The highest BCUT2D eigenvalue weighted by atomic mass is 35.5. The number of benzene rings is 1. The van der Waals surface area contributed by atoms with Gasteiger partial charge in [-0.2, -0.15) is 0 Å². The molecule has 0 radical (unpaired) electrons. The van der Waals surface area contributed by atoms with Gasteiger partial charge in [0, 0.05) is 10.9 Å². The van der Waals surface area contributed by atoms with Crippen LogP contribution >= 0.6 is 23.2 Å². The lowest BCUT2D eigenvalue weighted by molar-refractivity contribution is 0.469. The molecule has 0 heterocycles. The fourth-order valence-electron chi connectivity index (χ4n) is 0.856. The Morgan fingerprint density at radius 2 is 2.09 bits per heavy atom. The van der Waals surface area contributed by atoms with Crippen LogP contribution in [-0.2, 0) is 6.42 Å². The number of phenols is 1. The van der Waals surface area contributed by atoms with Gasteiger partial charge in [-0.25, -0.2) is 0 Å². The number of halogens is 2. The van der Waals surface area contributed by atoms with Crippen molar-refractivity contribution in [2.45, 2.75) is 6.42 Å². The Kier molecular flexibility index (Phi) is 3.03. The van der Waals surface area contributed by atoms with Crippen molar-refractivity contribution in [3.05, 3.63) is 28.8 Å². The summed E-state index contributed by atoms with van der Waals surface area (Å²) in [5.41, 5.74) is 0.799. The van der Waals surface area contributed by atoms with Crippen molar-refractivity contribution in [3.63, 3.8) is 0 Å². The van der Waals surface area contributed by atoms with Crippen LogP contribution in [-0.4, -0.2) is 11.0 Å². The van der Waals surface area contributed by atoms with Gasteiger partial charge in [0.25, 0.3) is 0 Å². The van der Waals surface area contributed by atoms with E-state index < -0.39 is 0 Å². The predicted molar refractivity (Wildman–Crippen MR) is 47.5 cm³/mol. The standard InChI is InChI=1S/C8H8Cl2O/c9-4-3-6-5-7(10)1-2-8(6)11/h1-2,5,11H,3-4H2. The third-order valence-corrected chi connectivity index (χ3v) is 1.83. The average molecular weight is 191 g/mol. The SMILES string of the molecule is Oc1ccc(Cl)cc1CCCl. The Balaban J connectivity index is 2.93. The molecule has 0 saturated heterocycles. The molecule has 0 unspecified atom stereocenters. The minimum absolute atomic E-state index is 0.259. The lowest BCUT2D eigenvalue weighted by Gasteiger charge is -2.01.